The molecule has 0 radical (unpaired) electrons. The van der Waals surface area contributed by atoms with Crippen LogP contribution in [0.5, 0.6) is 0 Å². The summed E-state index contributed by atoms with van der Waals surface area (Å²) in [5, 5.41) is 10.4. The third-order valence-electron chi connectivity index (χ3n) is 2.55. The molecule has 0 unspecified atom stereocenters. The number of nitro groups is 1. The van der Waals surface area contributed by atoms with Crippen LogP contribution in [-0.4, -0.2) is 13.3 Å². The SMILES string of the molecule is O=[N+]([O-])c1ccc(S(=O)(=O)c2ccc(Br)cc2)cc1Cl. The van der Waals surface area contributed by atoms with Crippen molar-refractivity contribution < 1.29 is 13.3 Å². The molecule has 20 heavy (non-hydrogen) atoms. The molecule has 0 aromatic heterocycles. The molecule has 0 atom stereocenters. The molecule has 0 saturated carbocycles. The highest BCUT2D eigenvalue weighted by Crippen LogP contribution is 2.30. The van der Waals surface area contributed by atoms with E-state index in [2.05, 4.69) is 15.9 Å². The molecule has 2 aromatic carbocycles. The standard InChI is InChI=1S/C12H7BrClNO4S/c13-8-1-3-9(4-2-8)20(18,19)10-5-6-12(15(16)17)11(14)7-10/h1-7H. The first-order valence-electron chi connectivity index (χ1n) is 5.27. The highest BCUT2D eigenvalue weighted by Gasteiger charge is 2.21. The van der Waals surface area contributed by atoms with E-state index in [1.54, 1.807) is 12.1 Å². The number of hydrogen-bond donors (Lipinski definition) is 0. The number of halogens is 2. The van der Waals surface area contributed by atoms with Gasteiger partial charge in [0.05, 0.1) is 14.7 Å². The minimum absolute atomic E-state index is 0.0876. The Bertz CT molecular complexity index is 775. The van der Waals surface area contributed by atoms with E-state index < -0.39 is 14.8 Å². The van der Waals surface area contributed by atoms with Crippen molar-refractivity contribution >= 4 is 43.1 Å². The molecule has 2 aromatic rings. The number of sulfone groups is 1. The van der Waals surface area contributed by atoms with Crippen molar-refractivity contribution in [2.24, 2.45) is 0 Å². The lowest BCUT2D eigenvalue weighted by atomic mass is 10.3. The van der Waals surface area contributed by atoms with Crippen LogP contribution in [0.15, 0.2) is 56.7 Å². The molecular formula is C12H7BrClNO4S. The smallest absolute Gasteiger partial charge is 0.258 e. The summed E-state index contributed by atoms with van der Waals surface area (Å²) in [5.74, 6) is 0. The van der Waals surface area contributed by atoms with Gasteiger partial charge in [-0.25, -0.2) is 8.42 Å². The number of nitrogens with zero attached hydrogens (tertiary/aromatic N) is 1. The van der Waals surface area contributed by atoms with Gasteiger partial charge < -0.3 is 0 Å². The molecule has 0 bridgehead atoms. The molecular weight excluding hydrogens is 370 g/mol. The molecule has 0 aliphatic rings. The maximum absolute atomic E-state index is 12.3. The Morgan fingerprint density at radius 3 is 2.10 bits per heavy atom. The number of rotatable bonds is 3. The summed E-state index contributed by atoms with van der Waals surface area (Å²) in [6.07, 6.45) is 0. The molecule has 2 rings (SSSR count). The van der Waals surface area contributed by atoms with E-state index in [0.717, 1.165) is 16.6 Å². The maximum atomic E-state index is 12.3. The van der Waals surface area contributed by atoms with Gasteiger partial charge in [0.2, 0.25) is 9.84 Å². The van der Waals surface area contributed by atoms with Gasteiger partial charge in [0, 0.05) is 10.5 Å². The lowest BCUT2D eigenvalue weighted by molar-refractivity contribution is -0.384. The second-order valence-corrected chi connectivity index (χ2v) is 7.10. The summed E-state index contributed by atoms with van der Waals surface area (Å²) in [6.45, 7) is 0. The Morgan fingerprint density at radius 1 is 1.05 bits per heavy atom. The molecule has 0 aliphatic carbocycles. The molecule has 0 N–H and O–H groups in total. The van der Waals surface area contributed by atoms with Gasteiger partial charge in [-0.3, -0.25) is 10.1 Å². The van der Waals surface area contributed by atoms with Gasteiger partial charge >= 0.3 is 0 Å². The first kappa shape index (κ1) is 15.0. The Hall–Kier alpha value is -1.44. The van der Waals surface area contributed by atoms with Gasteiger partial charge in [0.15, 0.2) is 0 Å². The second kappa shape index (κ2) is 5.51. The fourth-order valence-corrected chi connectivity index (χ4v) is 3.42. The molecule has 0 fully saturated rings. The van der Waals surface area contributed by atoms with Crippen LogP contribution in [0.25, 0.3) is 0 Å². The molecule has 0 aliphatic heterocycles. The van der Waals surface area contributed by atoms with Gasteiger partial charge in [0.1, 0.15) is 5.02 Å². The summed E-state index contributed by atoms with van der Waals surface area (Å²) < 4.78 is 25.4. The minimum Gasteiger partial charge on any atom is -0.258 e. The van der Waals surface area contributed by atoms with E-state index in [0.29, 0.717) is 0 Å². The van der Waals surface area contributed by atoms with E-state index in [1.165, 1.54) is 18.2 Å². The normalized spacial score (nSPS) is 11.3. The van der Waals surface area contributed by atoms with Crippen molar-refractivity contribution in [2.75, 3.05) is 0 Å². The lowest BCUT2D eigenvalue weighted by Crippen LogP contribution is -2.02. The average molecular weight is 377 g/mol. The zero-order valence-corrected chi connectivity index (χ0v) is 12.9. The predicted molar refractivity (Wildman–Crippen MR) is 77.7 cm³/mol. The molecule has 0 amide bonds. The summed E-state index contributed by atoms with van der Waals surface area (Å²) in [5.41, 5.74) is -0.332. The average Bonchev–Trinajstić information content (AvgIpc) is 2.38. The zero-order valence-electron chi connectivity index (χ0n) is 9.79. The van der Waals surface area contributed by atoms with Crippen molar-refractivity contribution in [3.8, 4) is 0 Å². The van der Waals surface area contributed by atoms with E-state index in [1.807, 2.05) is 0 Å². The quantitative estimate of drug-likeness (QED) is 0.602. The Balaban J connectivity index is 2.52. The summed E-state index contributed by atoms with van der Waals surface area (Å²) in [4.78, 5) is 9.99. The van der Waals surface area contributed by atoms with Gasteiger partial charge in [0.25, 0.3) is 5.69 Å². The van der Waals surface area contributed by atoms with Crippen molar-refractivity contribution in [3.05, 3.63) is 62.1 Å². The van der Waals surface area contributed by atoms with Crippen LogP contribution in [0.4, 0.5) is 5.69 Å². The maximum Gasteiger partial charge on any atom is 0.287 e. The van der Waals surface area contributed by atoms with Gasteiger partial charge in [-0.05, 0) is 36.4 Å². The van der Waals surface area contributed by atoms with Crippen molar-refractivity contribution in [2.45, 2.75) is 9.79 Å². The van der Waals surface area contributed by atoms with Crippen molar-refractivity contribution in [3.63, 3.8) is 0 Å². The largest absolute Gasteiger partial charge is 0.287 e. The fraction of sp³-hybridized carbons (Fsp3) is 0. The Kier molecular flexibility index (Phi) is 4.12. The van der Waals surface area contributed by atoms with Crippen molar-refractivity contribution in [1.82, 2.24) is 0 Å². The van der Waals surface area contributed by atoms with Gasteiger partial charge in [-0.15, -0.1) is 0 Å². The van der Waals surface area contributed by atoms with E-state index in [9.17, 15) is 18.5 Å². The Morgan fingerprint density at radius 2 is 1.60 bits per heavy atom. The summed E-state index contributed by atoms with van der Waals surface area (Å²) in [6, 6.07) is 9.40. The topological polar surface area (TPSA) is 77.3 Å². The molecule has 0 heterocycles. The van der Waals surface area contributed by atoms with E-state index >= 15 is 0 Å². The van der Waals surface area contributed by atoms with Crippen LogP contribution in [0.3, 0.4) is 0 Å². The predicted octanol–water partition coefficient (Wildman–Crippen LogP) is 3.84. The third kappa shape index (κ3) is 2.84. The lowest BCUT2D eigenvalue weighted by Gasteiger charge is -2.05. The summed E-state index contributed by atoms with van der Waals surface area (Å²) >= 11 is 8.94. The van der Waals surface area contributed by atoms with Crippen LogP contribution >= 0.6 is 27.5 Å². The van der Waals surface area contributed by atoms with Gasteiger partial charge in [-0.2, -0.15) is 0 Å². The minimum atomic E-state index is -3.75. The number of nitro benzene ring substituents is 1. The van der Waals surface area contributed by atoms with E-state index in [-0.39, 0.29) is 20.5 Å². The summed E-state index contributed by atoms with van der Waals surface area (Å²) in [7, 11) is -3.75. The van der Waals surface area contributed by atoms with Gasteiger partial charge in [-0.1, -0.05) is 27.5 Å². The first-order chi connectivity index (χ1) is 9.32. The third-order valence-corrected chi connectivity index (χ3v) is 5.15. The number of hydrogen-bond acceptors (Lipinski definition) is 4. The second-order valence-electron chi connectivity index (χ2n) is 3.83. The van der Waals surface area contributed by atoms with Crippen LogP contribution in [0, 0.1) is 10.1 Å². The Labute approximate surface area is 128 Å². The van der Waals surface area contributed by atoms with Crippen LogP contribution in [-0.2, 0) is 9.84 Å². The van der Waals surface area contributed by atoms with E-state index in [4.69, 9.17) is 11.6 Å². The van der Waals surface area contributed by atoms with Crippen LogP contribution in [0.1, 0.15) is 0 Å². The molecule has 0 spiro atoms. The number of benzene rings is 2. The van der Waals surface area contributed by atoms with Crippen LogP contribution < -0.4 is 0 Å². The molecule has 104 valence electrons. The molecule has 8 heteroatoms. The molecule has 0 saturated heterocycles. The monoisotopic (exact) mass is 375 g/mol. The highest BCUT2D eigenvalue weighted by atomic mass is 79.9. The highest BCUT2D eigenvalue weighted by molar-refractivity contribution is 9.10. The fourth-order valence-electron chi connectivity index (χ4n) is 1.55. The van der Waals surface area contributed by atoms with Crippen molar-refractivity contribution in [1.29, 1.82) is 0 Å². The molecule has 5 nitrogen and oxygen atoms in total. The zero-order chi connectivity index (χ0) is 14.9. The van der Waals surface area contributed by atoms with Crippen LogP contribution in [0.2, 0.25) is 5.02 Å². The first-order valence-corrected chi connectivity index (χ1v) is 7.92.